The molecule has 0 radical (unpaired) electrons. The minimum absolute atomic E-state index is 0.396. The molecule has 3 heteroatoms. The highest BCUT2D eigenvalue weighted by molar-refractivity contribution is 5.14. The quantitative estimate of drug-likeness (QED) is 0.704. The molecule has 1 heterocycles. The van der Waals surface area contributed by atoms with E-state index in [0.717, 1.165) is 39.2 Å². The zero-order valence-corrected chi connectivity index (χ0v) is 12.5. The summed E-state index contributed by atoms with van der Waals surface area (Å²) in [5.41, 5.74) is 1.39. The van der Waals surface area contributed by atoms with Crippen LogP contribution < -0.4 is 5.32 Å². The molecule has 2 rings (SSSR count). The van der Waals surface area contributed by atoms with Gasteiger partial charge in [-0.3, -0.25) is 0 Å². The second kappa shape index (κ2) is 9.11. The van der Waals surface area contributed by atoms with Gasteiger partial charge in [-0.25, -0.2) is 0 Å². The first-order chi connectivity index (χ1) is 9.86. The first-order valence-electron chi connectivity index (χ1n) is 7.83. The third kappa shape index (κ3) is 5.61. The smallest absolute Gasteiger partial charge is 0.0726 e. The Kier molecular flexibility index (Phi) is 7.06. The van der Waals surface area contributed by atoms with E-state index in [4.69, 9.17) is 9.47 Å². The zero-order valence-electron chi connectivity index (χ0n) is 12.5. The van der Waals surface area contributed by atoms with Gasteiger partial charge in [0.15, 0.2) is 0 Å². The molecule has 1 N–H and O–H groups in total. The molecule has 112 valence electrons. The van der Waals surface area contributed by atoms with Crippen LogP contribution in [0.15, 0.2) is 30.3 Å². The standard InChI is InChI=1S/C17H27NO2/c1-15(17-10-6-13-20-17)18-11-14-19-12-5-9-16-7-3-2-4-8-16/h2-4,7-8,15,17-18H,5-6,9-14H2,1H3. The largest absolute Gasteiger partial charge is 0.380 e. The Morgan fingerprint density at radius 1 is 1.30 bits per heavy atom. The number of benzene rings is 1. The van der Waals surface area contributed by atoms with Crippen molar-refractivity contribution in [3.8, 4) is 0 Å². The fourth-order valence-electron chi connectivity index (χ4n) is 2.61. The number of ether oxygens (including phenoxy) is 2. The van der Waals surface area contributed by atoms with Crippen molar-refractivity contribution in [2.75, 3.05) is 26.4 Å². The van der Waals surface area contributed by atoms with Gasteiger partial charge < -0.3 is 14.8 Å². The van der Waals surface area contributed by atoms with Gasteiger partial charge >= 0.3 is 0 Å². The molecule has 2 atom stereocenters. The Balaban J connectivity index is 1.43. The molecule has 20 heavy (non-hydrogen) atoms. The van der Waals surface area contributed by atoms with Gasteiger partial charge in [-0.2, -0.15) is 0 Å². The molecule has 2 unspecified atom stereocenters. The number of aryl methyl sites for hydroxylation is 1. The molecule has 0 aromatic heterocycles. The van der Waals surface area contributed by atoms with Crippen molar-refractivity contribution in [1.82, 2.24) is 5.32 Å². The Hall–Kier alpha value is -0.900. The third-order valence-corrected chi connectivity index (χ3v) is 3.83. The summed E-state index contributed by atoms with van der Waals surface area (Å²) in [6.45, 7) is 5.65. The maximum Gasteiger partial charge on any atom is 0.0726 e. The van der Waals surface area contributed by atoms with Crippen LogP contribution in [0.3, 0.4) is 0 Å². The molecule has 0 aliphatic carbocycles. The van der Waals surface area contributed by atoms with E-state index in [1.807, 2.05) is 0 Å². The first kappa shape index (κ1) is 15.5. The molecular weight excluding hydrogens is 250 g/mol. The molecule has 0 amide bonds. The van der Waals surface area contributed by atoms with Crippen molar-refractivity contribution in [3.05, 3.63) is 35.9 Å². The van der Waals surface area contributed by atoms with Crippen LogP contribution in [0, 0.1) is 0 Å². The molecule has 1 aromatic rings. The van der Waals surface area contributed by atoms with Gasteiger partial charge in [-0.05, 0) is 38.2 Å². The van der Waals surface area contributed by atoms with Crippen molar-refractivity contribution in [3.63, 3.8) is 0 Å². The fourth-order valence-corrected chi connectivity index (χ4v) is 2.61. The van der Waals surface area contributed by atoms with Crippen molar-refractivity contribution in [2.24, 2.45) is 0 Å². The number of nitrogens with one attached hydrogen (secondary N) is 1. The predicted molar refractivity (Wildman–Crippen MR) is 82.0 cm³/mol. The summed E-state index contributed by atoms with van der Waals surface area (Å²) in [6.07, 6.45) is 4.97. The van der Waals surface area contributed by atoms with E-state index in [0.29, 0.717) is 12.1 Å². The molecule has 1 fully saturated rings. The summed E-state index contributed by atoms with van der Waals surface area (Å²) in [6, 6.07) is 11.0. The van der Waals surface area contributed by atoms with Crippen LogP contribution in [0.4, 0.5) is 0 Å². The predicted octanol–water partition coefficient (Wildman–Crippen LogP) is 2.79. The monoisotopic (exact) mass is 277 g/mol. The first-order valence-corrected chi connectivity index (χ1v) is 7.83. The van der Waals surface area contributed by atoms with Crippen molar-refractivity contribution in [1.29, 1.82) is 0 Å². The average Bonchev–Trinajstić information content (AvgIpc) is 3.01. The van der Waals surface area contributed by atoms with E-state index in [2.05, 4.69) is 42.6 Å². The van der Waals surface area contributed by atoms with Crippen LogP contribution in [0.25, 0.3) is 0 Å². The van der Waals surface area contributed by atoms with Crippen molar-refractivity contribution >= 4 is 0 Å². The van der Waals surface area contributed by atoms with Gasteiger partial charge in [0.2, 0.25) is 0 Å². The molecule has 0 saturated carbocycles. The van der Waals surface area contributed by atoms with Crippen LogP contribution in [-0.2, 0) is 15.9 Å². The highest BCUT2D eigenvalue weighted by atomic mass is 16.5. The lowest BCUT2D eigenvalue weighted by atomic mass is 10.1. The summed E-state index contributed by atoms with van der Waals surface area (Å²) in [5, 5.41) is 3.48. The van der Waals surface area contributed by atoms with Crippen LogP contribution in [0.1, 0.15) is 31.7 Å². The number of rotatable bonds is 9. The van der Waals surface area contributed by atoms with Gasteiger partial charge in [-0.1, -0.05) is 30.3 Å². The Morgan fingerprint density at radius 3 is 2.90 bits per heavy atom. The molecule has 0 spiro atoms. The summed E-state index contributed by atoms with van der Waals surface area (Å²) in [4.78, 5) is 0. The molecule has 3 nitrogen and oxygen atoms in total. The van der Waals surface area contributed by atoms with Crippen LogP contribution in [-0.4, -0.2) is 38.5 Å². The minimum atomic E-state index is 0.396. The topological polar surface area (TPSA) is 30.5 Å². The fraction of sp³-hybridized carbons (Fsp3) is 0.647. The van der Waals surface area contributed by atoms with Crippen LogP contribution in [0.5, 0.6) is 0 Å². The summed E-state index contributed by atoms with van der Waals surface area (Å²) >= 11 is 0. The normalized spacial score (nSPS) is 20.1. The van der Waals surface area contributed by atoms with E-state index >= 15 is 0 Å². The Labute approximate surface area is 122 Å². The third-order valence-electron chi connectivity index (χ3n) is 3.83. The van der Waals surface area contributed by atoms with E-state index in [9.17, 15) is 0 Å². The number of hydrogen-bond acceptors (Lipinski definition) is 3. The maximum atomic E-state index is 5.67. The van der Waals surface area contributed by atoms with E-state index < -0.39 is 0 Å². The SMILES string of the molecule is CC(NCCOCCCc1ccccc1)C1CCCO1. The molecule has 0 bridgehead atoms. The molecule has 1 saturated heterocycles. The van der Waals surface area contributed by atoms with Gasteiger partial charge in [0, 0.05) is 25.8 Å². The Bertz CT molecular complexity index is 349. The maximum absolute atomic E-state index is 5.67. The zero-order chi connectivity index (χ0) is 14.0. The van der Waals surface area contributed by atoms with Crippen LogP contribution in [0.2, 0.25) is 0 Å². The van der Waals surface area contributed by atoms with Gasteiger partial charge in [-0.15, -0.1) is 0 Å². The average molecular weight is 277 g/mol. The van der Waals surface area contributed by atoms with E-state index in [-0.39, 0.29) is 0 Å². The van der Waals surface area contributed by atoms with E-state index in [1.165, 1.54) is 18.4 Å². The summed E-state index contributed by atoms with van der Waals surface area (Å²) in [5.74, 6) is 0. The lowest BCUT2D eigenvalue weighted by Gasteiger charge is -2.19. The van der Waals surface area contributed by atoms with Crippen molar-refractivity contribution < 1.29 is 9.47 Å². The second-order valence-electron chi connectivity index (χ2n) is 5.50. The lowest BCUT2D eigenvalue weighted by Crippen LogP contribution is -2.38. The Morgan fingerprint density at radius 2 is 2.15 bits per heavy atom. The van der Waals surface area contributed by atoms with Gasteiger partial charge in [0.25, 0.3) is 0 Å². The second-order valence-corrected chi connectivity index (χ2v) is 5.50. The highest BCUT2D eigenvalue weighted by Gasteiger charge is 2.21. The van der Waals surface area contributed by atoms with Crippen LogP contribution >= 0.6 is 0 Å². The lowest BCUT2D eigenvalue weighted by molar-refractivity contribution is 0.0768. The summed E-state index contributed by atoms with van der Waals surface area (Å²) in [7, 11) is 0. The molecular formula is C17H27NO2. The van der Waals surface area contributed by atoms with Gasteiger partial charge in [0.1, 0.15) is 0 Å². The molecule has 1 aliphatic heterocycles. The van der Waals surface area contributed by atoms with E-state index in [1.54, 1.807) is 0 Å². The van der Waals surface area contributed by atoms with Gasteiger partial charge in [0.05, 0.1) is 12.7 Å². The highest BCUT2D eigenvalue weighted by Crippen LogP contribution is 2.15. The molecule has 1 aromatic carbocycles. The number of hydrogen-bond donors (Lipinski definition) is 1. The van der Waals surface area contributed by atoms with Crippen molar-refractivity contribution in [2.45, 2.75) is 44.8 Å². The summed E-state index contributed by atoms with van der Waals surface area (Å²) < 4.78 is 11.3. The minimum Gasteiger partial charge on any atom is -0.380 e. The molecule has 1 aliphatic rings.